The van der Waals surface area contributed by atoms with Crippen molar-refractivity contribution in [1.29, 1.82) is 0 Å². The van der Waals surface area contributed by atoms with Crippen LogP contribution in [0.4, 0.5) is 0 Å². The van der Waals surface area contributed by atoms with Crippen LogP contribution < -0.4 is 5.73 Å². The summed E-state index contributed by atoms with van der Waals surface area (Å²) in [6.45, 7) is 6.00. The van der Waals surface area contributed by atoms with Gasteiger partial charge in [0.25, 0.3) is 0 Å². The van der Waals surface area contributed by atoms with Gasteiger partial charge < -0.3 is 5.73 Å². The van der Waals surface area contributed by atoms with Crippen LogP contribution in [0.15, 0.2) is 18.2 Å². The molecule has 2 N–H and O–H groups in total. The Balaban J connectivity index is 2.50. The molecule has 0 spiro atoms. The molecule has 1 unspecified atom stereocenters. The Bertz CT molecular complexity index is 501. The van der Waals surface area contributed by atoms with Crippen LogP contribution in [-0.2, 0) is 0 Å². The Morgan fingerprint density at radius 3 is 2.62 bits per heavy atom. The zero-order chi connectivity index (χ0) is 11.7. The summed E-state index contributed by atoms with van der Waals surface area (Å²) in [5, 5.41) is 11.5. The summed E-state index contributed by atoms with van der Waals surface area (Å²) in [6, 6.07) is 5.91. The average Bonchev–Trinajstić information content (AvgIpc) is 2.71. The monoisotopic (exact) mass is 217 g/mol. The Hall–Kier alpha value is -1.75. The maximum Gasteiger partial charge on any atom is 0.173 e. The highest BCUT2D eigenvalue weighted by molar-refractivity contribution is 5.39. The molecule has 0 aliphatic rings. The van der Waals surface area contributed by atoms with E-state index in [1.54, 1.807) is 4.68 Å². The van der Waals surface area contributed by atoms with Gasteiger partial charge in [-0.1, -0.05) is 6.07 Å². The normalized spacial score (nSPS) is 12.8. The number of nitrogens with two attached hydrogens (primary N) is 1. The molecule has 84 valence electrons. The second-order valence-corrected chi connectivity index (χ2v) is 4.01. The minimum atomic E-state index is -0.184. The minimum absolute atomic E-state index is 0.184. The van der Waals surface area contributed by atoms with Crippen molar-refractivity contribution >= 4 is 0 Å². The summed E-state index contributed by atoms with van der Waals surface area (Å²) < 4.78 is 1.68. The lowest BCUT2D eigenvalue weighted by molar-refractivity contribution is 0.688. The first-order chi connectivity index (χ1) is 7.59. The van der Waals surface area contributed by atoms with Crippen molar-refractivity contribution in [2.24, 2.45) is 5.73 Å². The standard InChI is InChI=1S/C11H15N5/c1-7-4-5-10(6-8(7)2)16-11(9(3)12)13-14-15-16/h4-6,9H,12H2,1-3H3. The summed E-state index contributed by atoms with van der Waals surface area (Å²) in [5.74, 6) is 0.670. The van der Waals surface area contributed by atoms with Gasteiger partial charge in [-0.25, -0.2) is 0 Å². The number of tetrazole rings is 1. The van der Waals surface area contributed by atoms with Crippen LogP contribution in [0.5, 0.6) is 0 Å². The van der Waals surface area contributed by atoms with Gasteiger partial charge in [-0.2, -0.15) is 4.68 Å². The highest BCUT2D eigenvalue weighted by atomic mass is 15.5. The molecule has 5 heteroatoms. The van der Waals surface area contributed by atoms with Gasteiger partial charge in [-0.15, -0.1) is 5.10 Å². The molecule has 2 rings (SSSR count). The fourth-order valence-corrected chi connectivity index (χ4v) is 1.52. The van der Waals surface area contributed by atoms with Crippen molar-refractivity contribution in [3.63, 3.8) is 0 Å². The van der Waals surface area contributed by atoms with E-state index in [-0.39, 0.29) is 6.04 Å². The third kappa shape index (κ3) is 1.81. The summed E-state index contributed by atoms with van der Waals surface area (Å²) in [6.07, 6.45) is 0. The first kappa shape index (κ1) is 10.8. The topological polar surface area (TPSA) is 69.6 Å². The summed E-state index contributed by atoms with van der Waals surface area (Å²) in [7, 11) is 0. The highest BCUT2D eigenvalue weighted by Crippen LogP contribution is 2.15. The summed E-state index contributed by atoms with van der Waals surface area (Å²) >= 11 is 0. The zero-order valence-electron chi connectivity index (χ0n) is 9.68. The van der Waals surface area contributed by atoms with Crippen molar-refractivity contribution < 1.29 is 0 Å². The van der Waals surface area contributed by atoms with E-state index >= 15 is 0 Å². The van der Waals surface area contributed by atoms with Crippen LogP contribution in [0.3, 0.4) is 0 Å². The molecule has 5 nitrogen and oxygen atoms in total. The number of hydrogen-bond donors (Lipinski definition) is 1. The highest BCUT2D eigenvalue weighted by Gasteiger charge is 2.12. The van der Waals surface area contributed by atoms with Gasteiger partial charge in [0.15, 0.2) is 5.82 Å². The van der Waals surface area contributed by atoms with Gasteiger partial charge in [0.1, 0.15) is 0 Å². The molecule has 0 aliphatic carbocycles. The lowest BCUT2D eigenvalue weighted by Gasteiger charge is -2.08. The first-order valence-electron chi connectivity index (χ1n) is 5.21. The lowest BCUT2D eigenvalue weighted by Crippen LogP contribution is -2.13. The van der Waals surface area contributed by atoms with Gasteiger partial charge in [-0.3, -0.25) is 0 Å². The third-order valence-corrected chi connectivity index (χ3v) is 2.64. The van der Waals surface area contributed by atoms with E-state index in [1.165, 1.54) is 11.1 Å². The molecule has 0 saturated heterocycles. The van der Waals surface area contributed by atoms with Crippen LogP contribution in [0, 0.1) is 13.8 Å². The maximum atomic E-state index is 5.80. The minimum Gasteiger partial charge on any atom is -0.321 e. The van der Waals surface area contributed by atoms with E-state index in [0.717, 1.165) is 5.69 Å². The number of hydrogen-bond acceptors (Lipinski definition) is 4. The van der Waals surface area contributed by atoms with Gasteiger partial charge in [0, 0.05) is 0 Å². The van der Waals surface area contributed by atoms with E-state index in [9.17, 15) is 0 Å². The van der Waals surface area contributed by atoms with Gasteiger partial charge in [0.05, 0.1) is 11.7 Å². The molecule has 0 amide bonds. The van der Waals surface area contributed by atoms with Crippen LogP contribution in [0.2, 0.25) is 0 Å². The molecule has 0 fully saturated rings. The number of rotatable bonds is 2. The maximum absolute atomic E-state index is 5.80. The number of aromatic nitrogens is 4. The Morgan fingerprint density at radius 2 is 2.00 bits per heavy atom. The van der Waals surface area contributed by atoms with E-state index in [4.69, 9.17) is 5.73 Å². The largest absolute Gasteiger partial charge is 0.321 e. The van der Waals surface area contributed by atoms with Gasteiger partial charge in [0.2, 0.25) is 0 Å². The van der Waals surface area contributed by atoms with E-state index < -0.39 is 0 Å². The number of benzene rings is 1. The molecule has 2 aromatic rings. The number of aryl methyl sites for hydroxylation is 2. The van der Waals surface area contributed by atoms with Crippen molar-refractivity contribution in [2.45, 2.75) is 26.8 Å². The second kappa shape index (κ2) is 4.02. The SMILES string of the molecule is Cc1ccc(-n2nnnc2C(C)N)cc1C. The average molecular weight is 217 g/mol. The van der Waals surface area contributed by atoms with Crippen molar-refractivity contribution in [3.05, 3.63) is 35.2 Å². The molecule has 0 aliphatic heterocycles. The molecule has 16 heavy (non-hydrogen) atoms. The van der Waals surface area contributed by atoms with E-state index in [0.29, 0.717) is 5.82 Å². The Morgan fingerprint density at radius 1 is 1.25 bits per heavy atom. The third-order valence-electron chi connectivity index (χ3n) is 2.64. The van der Waals surface area contributed by atoms with Crippen LogP contribution in [0.25, 0.3) is 5.69 Å². The Labute approximate surface area is 94.3 Å². The number of nitrogens with zero attached hydrogens (tertiary/aromatic N) is 4. The van der Waals surface area contributed by atoms with Crippen molar-refractivity contribution in [2.75, 3.05) is 0 Å². The molecule has 1 atom stereocenters. The quantitative estimate of drug-likeness (QED) is 0.823. The molecule has 1 aromatic carbocycles. The molecular weight excluding hydrogens is 202 g/mol. The second-order valence-electron chi connectivity index (χ2n) is 4.01. The summed E-state index contributed by atoms with van der Waals surface area (Å²) in [4.78, 5) is 0. The smallest absolute Gasteiger partial charge is 0.173 e. The molecular formula is C11H15N5. The summed E-state index contributed by atoms with van der Waals surface area (Å²) in [5.41, 5.74) is 9.21. The van der Waals surface area contributed by atoms with E-state index in [2.05, 4.69) is 41.5 Å². The fraction of sp³-hybridized carbons (Fsp3) is 0.364. The Kier molecular flexibility index (Phi) is 2.70. The lowest BCUT2D eigenvalue weighted by atomic mass is 10.1. The van der Waals surface area contributed by atoms with Crippen molar-refractivity contribution in [1.82, 2.24) is 20.2 Å². The van der Waals surface area contributed by atoms with Crippen molar-refractivity contribution in [3.8, 4) is 5.69 Å². The fourth-order valence-electron chi connectivity index (χ4n) is 1.52. The first-order valence-corrected chi connectivity index (χ1v) is 5.21. The molecule has 1 heterocycles. The molecule has 0 radical (unpaired) electrons. The van der Waals surface area contributed by atoms with Gasteiger partial charge >= 0.3 is 0 Å². The van der Waals surface area contributed by atoms with Crippen LogP contribution in [-0.4, -0.2) is 20.2 Å². The zero-order valence-corrected chi connectivity index (χ0v) is 9.68. The predicted octanol–water partition coefficient (Wildman–Crippen LogP) is 1.30. The van der Waals surface area contributed by atoms with Gasteiger partial charge in [-0.05, 0) is 54.5 Å². The van der Waals surface area contributed by atoms with E-state index in [1.807, 2.05) is 13.0 Å². The molecule has 1 aromatic heterocycles. The predicted molar refractivity (Wildman–Crippen MR) is 61.2 cm³/mol. The van der Waals surface area contributed by atoms with Crippen LogP contribution in [0.1, 0.15) is 29.9 Å². The van der Waals surface area contributed by atoms with Crippen LogP contribution >= 0.6 is 0 Å². The molecule has 0 bridgehead atoms. The molecule has 0 saturated carbocycles.